The fraction of sp³-hybridized carbons (Fsp3) is 0.625. The molecule has 35 heavy (non-hydrogen) atoms. The van der Waals surface area contributed by atoms with Crippen molar-refractivity contribution in [1.29, 1.82) is 0 Å². The van der Waals surface area contributed by atoms with Crippen LogP contribution in [0.2, 0.25) is 5.02 Å². The topological polar surface area (TPSA) is 71.0 Å². The van der Waals surface area contributed by atoms with Crippen molar-refractivity contribution < 1.29 is 18.7 Å². The number of nitrogens with zero attached hydrogens (tertiary/aromatic N) is 5. The smallest absolute Gasteiger partial charge is 0.410 e. The molecule has 2 aliphatic heterocycles. The van der Waals surface area contributed by atoms with Crippen molar-refractivity contribution in [3.05, 3.63) is 21.4 Å². The molecule has 2 aromatic rings. The largest absolute Gasteiger partial charge is 0.462 e. The molecule has 192 valence electrons. The van der Waals surface area contributed by atoms with Crippen molar-refractivity contribution in [2.45, 2.75) is 51.7 Å². The highest BCUT2D eigenvalue weighted by atomic mass is 79.9. The van der Waals surface area contributed by atoms with Crippen molar-refractivity contribution in [3.8, 4) is 6.01 Å². The molecule has 0 aliphatic carbocycles. The van der Waals surface area contributed by atoms with Crippen molar-refractivity contribution in [3.63, 3.8) is 0 Å². The summed E-state index contributed by atoms with van der Waals surface area (Å²) in [6, 6.07) is 2.08. The third-order valence-electron chi connectivity index (χ3n) is 6.31. The lowest BCUT2D eigenvalue weighted by Crippen LogP contribution is -2.39. The van der Waals surface area contributed by atoms with Gasteiger partial charge in [0.2, 0.25) is 0 Å². The predicted molar refractivity (Wildman–Crippen MR) is 138 cm³/mol. The van der Waals surface area contributed by atoms with E-state index in [4.69, 9.17) is 26.1 Å². The molecule has 2 aliphatic rings. The summed E-state index contributed by atoms with van der Waals surface area (Å²) in [5, 5.41) is 0.748. The molecule has 2 saturated heterocycles. The number of likely N-dealkylation sites (N-methyl/N-ethyl adjacent to an activating group) is 1. The van der Waals surface area contributed by atoms with Crippen LogP contribution in [0, 0.1) is 5.82 Å². The second-order valence-corrected chi connectivity index (χ2v) is 11.3. The molecule has 1 aromatic heterocycles. The standard InChI is InChI=1S/C24H32BrClFN5O3/c1-24(2,3)35-23(33)32-10-6-9-31(11-12-32)21-16-13-17(26)18(25)19(27)20(16)28-22(29-21)34-14-15-7-5-8-30(15)4/h13,15H,5-12,14H2,1-4H3. The lowest BCUT2D eigenvalue weighted by atomic mass is 10.2. The summed E-state index contributed by atoms with van der Waals surface area (Å²) in [6.07, 6.45) is 2.53. The van der Waals surface area contributed by atoms with Crippen LogP contribution in [0.25, 0.3) is 10.9 Å². The van der Waals surface area contributed by atoms with Gasteiger partial charge in [0.25, 0.3) is 0 Å². The van der Waals surface area contributed by atoms with E-state index in [0.29, 0.717) is 50.4 Å². The average Bonchev–Trinajstić information content (AvgIpc) is 3.04. The number of anilines is 1. The number of benzene rings is 1. The summed E-state index contributed by atoms with van der Waals surface area (Å²) in [5.41, 5.74) is -0.415. The molecule has 1 unspecified atom stereocenters. The Balaban J connectivity index is 1.62. The number of carbonyl (C=O) groups is 1. The van der Waals surface area contributed by atoms with Crippen molar-refractivity contribution in [2.24, 2.45) is 0 Å². The first-order valence-corrected chi connectivity index (χ1v) is 13.1. The zero-order valence-electron chi connectivity index (χ0n) is 20.6. The summed E-state index contributed by atoms with van der Waals surface area (Å²) < 4.78 is 26.9. The fourth-order valence-corrected chi connectivity index (χ4v) is 4.94. The van der Waals surface area contributed by atoms with Crippen LogP contribution in [-0.4, -0.2) is 83.9 Å². The van der Waals surface area contributed by atoms with Gasteiger partial charge in [0.15, 0.2) is 5.82 Å². The SMILES string of the molecule is CN1CCCC1COc1nc(N2CCCN(C(=O)OC(C)(C)C)CC2)c2cc(Cl)c(Br)c(F)c2n1. The van der Waals surface area contributed by atoms with Crippen LogP contribution in [-0.2, 0) is 4.74 Å². The predicted octanol–water partition coefficient (Wildman–Crippen LogP) is 5.11. The molecule has 0 spiro atoms. The molecule has 11 heteroatoms. The van der Waals surface area contributed by atoms with Crippen LogP contribution >= 0.6 is 27.5 Å². The van der Waals surface area contributed by atoms with E-state index in [1.165, 1.54) is 0 Å². The van der Waals surface area contributed by atoms with Crippen LogP contribution < -0.4 is 9.64 Å². The van der Waals surface area contributed by atoms with E-state index in [1.54, 1.807) is 11.0 Å². The second kappa shape index (κ2) is 10.6. The third-order valence-corrected chi connectivity index (χ3v) is 7.61. The minimum Gasteiger partial charge on any atom is -0.462 e. The number of rotatable bonds is 4. The number of halogens is 3. The minimum atomic E-state index is -0.562. The first-order chi connectivity index (χ1) is 16.5. The molecule has 0 radical (unpaired) electrons. The highest BCUT2D eigenvalue weighted by Gasteiger charge is 2.28. The molecular weight excluding hydrogens is 541 g/mol. The quantitative estimate of drug-likeness (QED) is 0.472. The highest BCUT2D eigenvalue weighted by Crippen LogP contribution is 2.36. The number of amides is 1. The summed E-state index contributed by atoms with van der Waals surface area (Å²) in [4.78, 5) is 27.7. The van der Waals surface area contributed by atoms with E-state index in [2.05, 4.69) is 32.9 Å². The van der Waals surface area contributed by atoms with Crippen LogP contribution in [0.15, 0.2) is 10.5 Å². The number of likely N-dealkylation sites (tertiary alicyclic amines) is 1. The third kappa shape index (κ3) is 6.09. The van der Waals surface area contributed by atoms with Crippen molar-refractivity contribution >= 4 is 50.3 Å². The van der Waals surface area contributed by atoms with Gasteiger partial charge >= 0.3 is 12.1 Å². The van der Waals surface area contributed by atoms with Gasteiger partial charge in [-0.3, -0.25) is 0 Å². The lowest BCUT2D eigenvalue weighted by Gasteiger charge is -2.27. The van der Waals surface area contributed by atoms with Crippen LogP contribution in [0.4, 0.5) is 15.0 Å². The zero-order valence-corrected chi connectivity index (χ0v) is 23.0. The molecule has 0 saturated carbocycles. The molecule has 1 amide bonds. The normalized spacial score (nSPS) is 19.8. The highest BCUT2D eigenvalue weighted by molar-refractivity contribution is 9.10. The van der Waals surface area contributed by atoms with Gasteiger partial charge in [-0.2, -0.15) is 9.97 Å². The number of ether oxygens (including phenoxy) is 2. The molecule has 1 atom stereocenters. The van der Waals surface area contributed by atoms with E-state index in [0.717, 1.165) is 19.4 Å². The minimum absolute atomic E-state index is 0.133. The molecule has 4 rings (SSSR count). The Kier molecular flexibility index (Phi) is 7.92. The summed E-state index contributed by atoms with van der Waals surface area (Å²) in [5.74, 6) is -0.00620. The molecule has 1 aromatic carbocycles. The van der Waals surface area contributed by atoms with E-state index >= 15 is 4.39 Å². The first-order valence-electron chi connectivity index (χ1n) is 11.9. The molecule has 0 N–H and O–H groups in total. The van der Waals surface area contributed by atoms with E-state index in [1.807, 2.05) is 25.7 Å². The Morgan fingerprint density at radius 3 is 2.66 bits per heavy atom. The first kappa shape index (κ1) is 26.2. The van der Waals surface area contributed by atoms with Gasteiger partial charge in [-0.05, 0) is 75.6 Å². The Hall–Kier alpha value is -1.91. The maximum atomic E-state index is 15.2. The van der Waals surface area contributed by atoms with Gasteiger partial charge in [-0.15, -0.1) is 0 Å². The monoisotopic (exact) mass is 571 g/mol. The van der Waals surface area contributed by atoms with Gasteiger partial charge in [0.05, 0.1) is 9.50 Å². The van der Waals surface area contributed by atoms with Crippen molar-refractivity contribution in [1.82, 2.24) is 19.8 Å². The number of fused-ring (bicyclic) bond motifs is 1. The molecule has 2 fully saturated rings. The molecule has 0 bridgehead atoms. The Morgan fingerprint density at radius 1 is 1.20 bits per heavy atom. The van der Waals surface area contributed by atoms with Gasteiger partial charge in [0.1, 0.15) is 23.5 Å². The van der Waals surface area contributed by atoms with E-state index < -0.39 is 11.4 Å². The Bertz CT molecular complexity index is 1100. The van der Waals surface area contributed by atoms with E-state index in [-0.39, 0.29) is 33.2 Å². The number of hydrogen-bond donors (Lipinski definition) is 0. The van der Waals surface area contributed by atoms with Crippen molar-refractivity contribution in [2.75, 3.05) is 51.3 Å². The number of carbonyl (C=O) groups excluding carboxylic acids is 1. The van der Waals surface area contributed by atoms with Gasteiger partial charge in [-0.1, -0.05) is 11.6 Å². The number of aromatic nitrogens is 2. The van der Waals surface area contributed by atoms with Gasteiger partial charge < -0.3 is 24.2 Å². The van der Waals surface area contributed by atoms with Crippen LogP contribution in [0.1, 0.15) is 40.0 Å². The maximum Gasteiger partial charge on any atom is 0.410 e. The number of hydrogen-bond acceptors (Lipinski definition) is 7. The Labute approximate surface area is 218 Å². The molecular formula is C24H32BrClFN5O3. The lowest BCUT2D eigenvalue weighted by molar-refractivity contribution is 0.0263. The van der Waals surface area contributed by atoms with Gasteiger partial charge in [0, 0.05) is 37.6 Å². The fourth-order valence-electron chi connectivity index (χ4n) is 4.44. The van der Waals surface area contributed by atoms with Gasteiger partial charge in [-0.25, -0.2) is 9.18 Å². The van der Waals surface area contributed by atoms with Crippen LogP contribution in [0.5, 0.6) is 6.01 Å². The molecule has 3 heterocycles. The zero-order chi connectivity index (χ0) is 25.3. The summed E-state index contributed by atoms with van der Waals surface area (Å²) in [6.45, 7) is 9.17. The summed E-state index contributed by atoms with van der Waals surface area (Å²) in [7, 11) is 2.07. The average molecular weight is 573 g/mol. The Morgan fingerprint density at radius 2 is 1.97 bits per heavy atom. The summed E-state index contributed by atoms with van der Waals surface area (Å²) >= 11 is 9.52. The second-order valence-electron chi connectivity index (χ2n) is 10.1. The van der Waals surface area contributed by atoms with E-state index in [9.17, 15) is 4.79 Å². The van der Waals surface area contributed by atoms with Crippen LogP contribution in [0.3, 0.4) is 0 Å². The molecule has 8 nitrogen and oxygen atoms in total. The maximum absolute atomic E-state index is 15.2.